The number of sulfonamides is 1. The zero-order valence-electron chi connectivity index (χ0n) is 14.0. The fourth-order valence-electron chi connectivity index (χ4n) is 2.22. The predicted octanol–water partition coefficient (Wildman–Crippen LogP) is -0.552. The number of carbonyl (C=O) groups excluding carboxylic acids is 3. The molecule has 0 aliphatic carbocycles. The van der Waals surface area contributed by atoms with Gasteiger partial charge in [0.05, 0.1) is 23.7 Å². The molecule has 1 saturated heterocycles. The van der Waals surface area contributed by atoms with Gasteiger partial charge < -0.3 is 15.2 Å². The molecule has 1 aromatic rings. The van der Waals surface area contributed by atoms with E-state index in [0.29, 0.717) is 13.2 Å². The summed E-state index contributed by atoms with van der Waals surface area (Å²) in [6, 6.07) is 4.23. The molecule has 0 spiro atoms. The number of hydrogen-bond acceptors (Lipinski definition) is 7. The Kier molecular flexibility index (Phi) is 6.29. The number of rotatable bonds is 5. The summed E-state index contributed by atoms with van der Waals surface area (Å²) in [5.74, 6) is -1.79. The Morgan fingerprint density at radius 2 is 1.92 bits per heavy atom. The second-order valence-corrected chi connectivity index (χ2v) is 7.38. The van der Waals surface area contributed by atoms with E-state index in [1.54, 1.807) is 5.32 Å². The van der Waals surface area contributed by atoms with E-state index in [2.05, 4.69) is 0 Å². The van der Waals surface area contributed by atoms with Gasteiger partial charge in [-0.2, -0.15) is 4.31 Å². The predicted molar refractivity (Wildman–Crippen MR) is 88.6 cm³/mol. The second kappa shape index (κ2) is 8.25. The maximum atomic E-state index is 12.6. The summed E-state index contributed by atoms with van der Waals surface area (Å²) in [4.78, 5) is 34.3. The molecule has 1 aliphatic heterocycles. The van der Waals surface area contributed by atoms with Gasteiger partial charge in [0.2, 0.25) is 10.0 Å². The highest BCUT2D eigenvalue weighted by Gasteiger charge is 2.27. The van der Waals surface area contributed by atoms with Crippen molar-refractivity contribution < 1.29 is 32.3 Å². The van der Waals surface area contributed by atoms with Crippen molar-refractivity contribution in [1.82, 2.24) is 9.62 Å². The third-order valence-electron chi connectivity index (χ3n) is 3.58. The maximum absolute atomic E-state index is 12.6. The lowest BCUT2D eigenvalue weighted by molar-refractivity contribution is -0.127. The molecule has 1 aromatic carbocycles. The third kappa shape index (κ3) is 4.77. The summed E-state index contributed by atoms with van der Waals surface area (Å²) in [7, 11) is -3.77. The minimum absolute atomic E-state index is 0.0435. The van der Waals surface area contributed by atoms with Gasteiger partial charge >= 0.3 is 12.0 Å². The molecule has 3 N–H and O–H groups in total. The average molecular weight is 385 g/mol. The highest BCUT2D eigenvalue weighted by atomic mass is 32.2. The number of nitrogens with one attached hydrogen (secondary N) is 1. The van der Waals surface area contributed by atoms with Crippen molar-refractivity contribution in [2.24, 2.45) is 5.73 Å². The number of amides is 3. The fourth-order valence-corrected chi connectivity index (χ4v) is 3.68. The van der Waals surface area contributed by atoms with Gasteiger partial charge in [-0.25, -0.2) is 18.0 Å². The van der Waals surface area contributed by atoms with E-state index in [4.69, 9.17) is 15.2 Å². The zero-order valence-corrected chi connectivity index (χ0v) is 14.8. The molecule has 10 nitrogen and oxygen atoms in total. The molecular weight excluding hydrogens is 366 g/mol. The van der Waals surface area contributed by atoms with Crippen molar-refractivity contribution >= 4 is 27.9 Å². The maximum Gasteiger partial charge on any atom is 0.338 e. The van der Waals surface area contributed by atoms with Gasteiger partial charge in [-0.3, -0.25) is 10.1 Å². The average Bonchev–Trinajstić information content (AvgIpc) is 2.62. The van der Waals surface area contributed by atoms with Crippen LogP contribution in [0.5, 0.6) is 0 Å². The fraction of sp³-hybridized carbons (Fsp3) is 0.400. The number of hydrogen-bond donors (Lipinski definition) is 2. The van der Waals surface area contributed by atoms with Gasteiger partial charge in [-0.15, -0.1) is 0 Å². The summed E-state index contributed by atoms with van der Waals surface area (Å²) in [5.41, 5.74) is 4.78. The van der Waals surface area contributed by atoms with Gasteiger partial charge in [0.25, 0.3) is 5.91 Å². The Hall–Kier alpha value is -2.50. The molecule has 1 aliphatic rings. The first-order chi connectivity index (χ1) is 12.2. The Balaban J connectivity index is 2.14. The SMILES string of the molecule is CC(OC(=O)c1cccc(S(=O)(=O)N2CCOCC2)c1)C(=O)NC(N)=O. The van der Waals surface area contributed by atoms with Crippen LogP contribution in [0, 0.1) is 0 Å². The normalized spacial score (nSPS) is 16.5. The number of nitrogens with two attached hydrogens (primary N) is 1. The van der Waals surface area contributed by atoms with Crippen LogP contribution in [0.4, 0.5) is 4.79 Å². The van der Waals surface area contributed by atoms with E-state index in [1.807, 2.05) is 0 Å². The van der Waals surface area contributed by atoms with Gasteiger partial charge in [-0.1, -0.05) is 6.07 Å². The van der Waals surface area contributed by atoms with Crippen LogP contribution >= 0.6 is 0 Å². The molecule has 0 bridgehead atoms. The van der Waals surface area contributed by atoms with Crippen LogP contribution in [0.1, 0.15) is 17.3 Å². The van der Waals surface area contributed by atoms with Gasteiger partial charge in [0.1, 0.15) is 0 Å². The Morgan fingerprint density at radius 1 is 1.27 bits per heavy atom. The number of urea groups is 1. The molecule has 1 atom stereocenters. The lowest BCUT2D eigenvalue weighted by atomic mass is 10.2. The van der Waals surface area contributed by atoms with E-state index in [9.17, 15) is 22.8 Å². The standard InChI is InChI=1S/C15H19N3O7S/c1-10(13(19)17-15(16)21)25-14(20)11-3-2-4-12(9-11)26(22,23)18-5-7-24-8-6-18/h2-4,9-10H,5-8H2,1H3,(H3,16,17,19,21). The number of carbonyl (C=O) groups is 3. The molecule has 0 saturated carbocycles. The van der Waals surface area contributed by atoms with Gasteiger partial charge in [0, 0.05) is 13.1 Å². The van der Waals surface area contributed by atoms with Crippen molar-refractivity contribution in [3.63, 3.8) is 0 Å². The molecule has 0 aromatic heterocycles. The smallest absolute Gasteiger partial charge is 0.338 e. The number of nitrogens with zero attached hydrogens (tertiary/aromatic N) is 1. The van der Waals surface area contributed by atoms with E-state index in [0.717, 1.165) is 0 Å². The Bertz CT molecular complexity index is 803. The number of morpholine rings is 1. The highest BCUT2D eigenvalue weighted by Crippen LogP contribution is 2.19. The van der Waals surface area contributed by atoms with Crippen molar-refractivity contribution in [2.75, 3.05) is 26.3 Å². The summed E-state index contributed by atoms with van der Waals surface area (Å²) < 4.78 is 36.6. The quantitative estimate of drug-likeness (QED) is 0.647. The first kappa shape index (κ1) is 19.8. The summed E-state index contributed by atoms with van der Waals surface area (Å²) in [6.07, 6.45) is -1.28. The number of esters is 1. The number of benzene rings is 1. The minimum atomic E-state index is -3.77. The molecule has 1 heterocycles. The molecule has 11 heteroatoms. The molecule has 3 amide bonds. The van der Waals surface area contributed by atoms with E-state index < -0.39 is 34.0 Å². The third-order valence-corrected chi connectivity index (χ3v) is 5.47. The van der Waals surface area contributed by atoms with E-state index in [-0.39, 0.29) is 23.5 Å². The van der Waals surface area contributed by atoms with E-state index in [1.165, 1.54) is 35.5 Å². The van der Waals surface area contributed by atoms with Crippen molar-refractivity contribution in [2.45, 2.75) is 17.9 Å². The lowest BCUT2D eigenvalue weighted by Crippen LogP contribution is -2.42. The first-order valence-electron chi connectivity index (χ1n) is 7.71. The van der Waals surface area contributed by atoms with Crippen molar-refractivity contribution in [3.05, 3.63) is 29.8 Å². The second-order valence-electron chi connectivity index (χ2n) is 5.45. The lowest BCUT2D eigenvalue weighted by Gasteiger charge is -2.26. The molecule has 2 rings (SSSR count). The topological polar surface area (TPSA) is 145 Å². The summed E-state index contributed by atoms with van der Waals surface area (Å²) in [6.45, 7) is 2.30. The molecule has 0 radical (unpaired) electrons. The van der Waals surface area contributed by atoms with Crippen LogP contribution in [-0.4, -0.2) is 63.0 Å². The minimum Gasteiger partial charge on any atom is -0.449 e. The molecule has 26 heavy (non-hydrogen) atoms. The van der Waals surface area contributed by atoms with Crippen LogP contribution in [0.15, 0.2) is 29.2 Å². The molecular formula is C15H19N3O7S. The largest absolute Gasteiger partial charge is 0.449 e. The monoisotopic (exact) mass is 385 g/mol. The van der Waals surface area contributed by atoms with Gasteiger partial charge in [0.15, 0.2) is 6.10 Å². The molecule has 1 fully saturated rings. The van der Waals surface area contributed by atoms with E-state index >= 15 is 0 Å². The summed E-state index contributed by atoms with van der Waals surface area (Å²) in [5, 5.41) is 1.79. The number of primary amides is 1. The van der Waals surface area contributed by atoms with Crippen LogP contribution in [0.3, 0.4) is 0 Å². The highest BCUT2D eigenvalue weighted by molar-refractivity contribution is 7.89. The molecule has 142 valence electrons. The van der Waals surface area contributed by atoms with Crippen molar-refractivity contribution in [1.29, 1.82) is 0 Å². The van der Waals surface area contributed by atoms with Crippen LogP contribution in [0.25, 0.3) is 0 Å². The molecule has 1 unspecified atom stereocenters. The van der Waals surface area contributed by atoms with Crippen LogP contribution < -0.4 is 11.1 Å². The Labute approximate surface area is 150 Å². The van der Waals surface area contributed by atoms with Gasteiger partial charge in [-0.05, 0) is 25.1 Å². The van der Waals surface area contributed by atoms with Crippen molar-refractivity contribution in [3.8, 4) is 0 Å². The summed E-state index contributed by atoms with van der Waals surface area (Å²) >= 11 is 0. The van der Waals surface area contributed by atoms with Crippen LogP contribution in [-0.2, 0) is 24.3 Å². The number of ether oxygens (including phenoxy) is 2. The zero-order chi connectivity index (χ0) is 19.3. The van der Waals surface area contributed by atoms with Crippen LogP contribution in [0.2, 0.25) is 0 Å². The number of imide groups is 1. The Morgan fingerprint density at radius 3 is 2.54 bits per heavy atom. The first-order valence-corrected chi connectivity index (χ1v) is 9.15.